The molecule has 0 saturated carbocycles. The standard InChI is InChI=1S/C54H32N6/c1-56-45-32-37(52-44(34-55)51(35-18-6-2-7-19-35)57-54(58-52)36-20-8-3-9-21-36)30-31-40(45)43-33-48-50(42-27-15-16-28-46(42)59(48)38-22-10-4-11-23-38)53-49(43)41-26-14-17-29-47(41)60(53)39-24-12-5-13-25-39/h2-33H. The smallest absolute Gasteiger partial charge is 0.195 e. The van der Waals surface area contributed by atoms with E-state index in [1.165, 1.54) is 0 Å². The molecule has 0 aliphatic heterocycles. The predicted molar refractivity (Wildman–Crippen MR) is 243 cm³/mol. The van der Waals surface area contributed by atoms with Crippen LogP contribution in [-0.2, 0) is 0 Å². The maximum absolute atomic E-state index is 10.7. The second kappa shape index (κ2) is 14.1. The van der Waals surface area contributed by atoms with E-state index >= 15 is 0 Å². The van der Waals surface area contributed by atoms with E-state index in [-0.39, 0.29) is 0 Å². The third-order valence-corrected chi connectivity index (χ3v) is 11.4. The zero-order valence-corrected chi connectivity index (χ0v) is 32.2. The Bertz CT molecular complexity index is 3540. The van der Waals surface area contributed by atoms with E-state index in [1.54, 1.807) is 0 Å². The first-order valence-electron chi connectivity index (χ1n) is 19.8. The normalized spacial score (nSPS) is 11.3. The molecule has 0 radical (unpaired) electrons. The lowest BCUT2D eigenvalue weighted by molar-refractivity contribution is 1.17. The second-order valence-corrected chi connectivity index (χ2v) is 14.7. The van der Waals surface area contributed by atoms with Crippen LogP contribution in [0.5, 0.6) is 0 Å². The van der Waals surface area contributed by atoms with Gasteiger partial charge in [0.25, 0.3) is 0 Å². The molecule has 0 bridgehead atoms. The molecule has 0 aliphatic rings. The molecule has 11 aromatic rings. The van der Waals surface area contributed by atoms with Gasteiger partial charge in [-0.1, -0.05) is 146 Å². The fourth-order valence-corrected chi connectivity index (χ4v) is 8.81. The first-order valence-corrected chi connectivity index (χ1v) is 19.8. The van der Waals surface area contributed by atoms with Crippen molar-refractivity contribution in [3.63, 3.8) is 0 Å². The minimum Gasteiger partial charge on any atom is -0.309 e. The van der Waals surface area contributed by atoms with Gasteiger partial charge in [-0.15, -0.1) is 0 Å². The molecule has 60 heavy (non-hydrogen) atoms. The van der Waals surface area contributed by atoms with Crippen molar-refractivity contribution in [2.75, 3.05) is 0 Å². The number of aromatic nitrogens is 4. The zero-order chi connectivity index (χ0) is 40.2. The van der Waals surface area contributed by atoms with Crippen molar-refractivity contribution in [1.29, 1.82) is 5.26 Å². The fourth-order valence-electron chi connectivity index (χ4n) is 8.81. The van der Waals surface area contributed by atoms with Crippen molar-refractivity contribution >= 4 is 49.3 Å². The molecule has 11 rings (SSSR count). The fraction of sp³-hybridized carbons (Fsp3) is 0. The SMILES string of the molecule is [C-]#[N+]c1cc(-c2nc(-c3ccccc3)nc(-c3ccccc3)c2C#N)ccc1-c1cc2c(c3ccccc3n2-c2ccccc2)c2c1c1ccccc1n2-c1ccccc1. The van der Waals surface area contributed by atoms with E-state index < -0.39 is 0 Å². The molecule has 3 aromatic heterocycles. The van der Waals surface area contributed by atoms with Crippen molar-refractivity contribution in [1.82, 2.24) is 19.1 Å². The Morgan fingerprint density at radius 3 is 1.60 bits per heavy atom. The van der Waals surface area contributed by atoms with E-state index in [0.717, 1.165) is 77.2 Å². The Labute approximate surface area is 346 Å². The minimum absolute atomic E-state index is 0.353. The van der Waals surface area contributed by atoms with Crippen LogP contribution in [0.15, 0.2) is 194 Å². The summed E-state index contributed by atoms with van der Waals surface area (Å²) in [6, 6.07) is 68.3. The monoisotopic (exact) mass is 764 g/mol. The first kappa shape index (κ1) is 34.7. The summed E-state index contributed by atoms with van der Waals surface area (Å²) in [5, 5.41) is 15.2. The van der Waals surface area contributed by atoms with E-state index in [1.807, 2.05) is 91.0 Å². The number of para-hydroxylation sites is 4. The number of hydrogen-bond acceptors (Lipinski definition) is 3. The van der Waals surface area contributed by atoms with Crippen molar-refractivity contribution in [3.05, 3.63) is 211 Å². The van der Waals surface area contributed by atoms with Crippen molar-refractivity contribution < 1.29 is 0 Å². The molecule has 278 valence electrons. The van der Waals surface area contributed by atoms with Gasteiger partial charge in [-0.25, -0.2) is 14.8 Å². The van der Waals surface area contributed by atoms with Crippen LogP contribution in [0.1, 0.15) is 5.56 Å². The Hall–Kier alpha value is -8.58. The molecule has 0 unspecified atom stereocenters. The van der Waals surface area contributed by atoms with Crippen LogP contribution in [-0.4, -0.2) is 19.1 Å². The number of rotatable bonds is 6. The van der Waals surface area contributed by atoms with Gasteiger partial charge in [0, 0.05) is 44.0 Å². The van der Waals surface area contributed by atoms with E-state index in [9.17, 15) is 5.26 Å². The maximum atomic E-state index is 10.7. The molecular formula is C54H32N6. The quantitative estimate of drug-likeness (QED) is 0.158. The van der Waals surface area contributed by atoms with Gasteiger partial charge in [0.2, 0.25) is 0 Å². The lowest BCUT2D eigenvalue weighted by Crippen LogP contribution is -2.01. The second-order valence-electron chi connectivity index (χ2n) is 14.7. The molecular weight excluding hydrogens is 733 g/mol. The van der Waals surface area contributed by atoms with Crippen LogP contribution < -0.4 is 0 Å². The van der Waals surface area contributed by atoms with Gasteiger partial charge in [0.1, 0.15) is 11.6 Å². The van der Waals surface area contributed by atoms with E-state index in [0.29, 0.717) is 34.0 Å². The molecule has 0 saturated heterocycles. The summed E-state index contributed by atoms with van der Waals surface area (Å²) in [5.41, 5.74) is 12.3. The topological polar surface area (TPSA) is 63.8 Å². The Balaban J connectivity index is 1.25. The highest BCUT2D eigenvalue weighted by Crippen LogP contribution is 2.48. The van der Waals surface area contributed by atoms with E-state index in [2.05, 4.69) is 123 Å². The molecule has 0 atom stereocenters. The summed E-state index contributed by atoms with van der Waals surface area (Å²) in [6.07, 6.45) is 0. The van der Waals surface area contributed by atoms with Gasteiger partial charge < -0.3 is 9.13 Å². The lowest BCUT2D eigenvalue weighted by Gasteiger charge is -2.15. The van der Waals surface area contributed by atoms with Crippen molar-refractivity contribution in [3.8, 4) is 62.5 Å². The van der Waals surface area contributed by atoms with Gasteiger partial charge >= 0.3 is 0 Å². The minimum atomic E-state index is 0.353. The van der Waals surface area contributed by atoms with Crippen LogP contribution >= 0.6 is 0 Å². The van der Waals surface area contributed by atoms with Gasteiger partial charge in [0.05, 0.1) is 40.0 Å². The number of nitrogens with zero attached hydrogens (tertiary/aromatic N) is 6. The van der Waals surface area contributed by atoms with Gasteiger partial charge in [0.15, 0.2) is 11.5 Å². The van der Waals surface area contributed by atoms with Crippen LogP contribution in [0.25, 0.3) is 105 Å². The highest BCUT2D eigenvalue weighted by atomic mass is 15.0. The molecule has 6 heteroatoms. The predicted octanol–water partition coefficient (Wildman–Crippen LogP) is 13.8. The average Bonchev–Trinajstić information content (AvgIpc) is 3.85. The van der Waals surface area contributed by atoms with Crippen molar-refractivity contribution in [2.45, 2.75) is 0 Å². The largest absolute Gasteiger partial charge is 0.309 e. The zero-order valence-electron chi connectivity index (χ0n) is 32.2. The Kier molecular flexibility index (Phi) is 8.15. The van der Waals surface area contributed by atoms with Crippen molar-refractivity contribution in [2.24, 2.45) is 0 Å². The maximum Gasteiger partial charge on any atom is 0.195 e. The van der Waals surface area contributed by atoms with E-state index in [4.69, 9.17) is 16.5 Å². The number of hydrogen-bond donors (Lipinski definition) is 0. The average molecular weight is 765 g/mol. The molecule has 8 aromatic carbocycles. The highest BCUT2D eigenvalue weighted by Gasteiger charge is 2.26. The van der Waals surface area contributed by atoms with Gasteiger partial charge in [-0.05, 0) is 65.2 Å². The molecule has 0 spiro atoms. The van der Waals surface area contributed by atoms with Crippen LogP contribution in [0, 0.1) is 17.9 Å². The number of nitriles is 1. The molecule has 6 nitrogen and oxygen atoms in total. The first-order chi connectivity index (χ1) is 29.7. The molecule has 0 amide bonds. The number of benzene rings is 8. The summed E-state index contributed by atoms with van der Waals surface area (Å²) in [5.74, 6) is 0.506. The number of fused-ring (bicyclic) bond motifs is 7. The molecule has 0 fully saturated rings. The summed E-state index contributed by atoms with van der Waals surface area (Å²) in [7, 11) is 0. The van der Waals surface area contributed by atoms with Crippen LogP contribution in [0.4, 0.5) is 5.69 Å². The summed E-state index contributed by atoms with van der Waals surface area (Å²) < 4.78 is 4.71. The molecule has 3 heterocycles. The summed E-state index contributed by atoms with van der Waals surface area (Å²) in [4.78, 5) is 14.2. The molecule has 0 N–H and O–H groups in total. The summed E-state index contributed by atoms with van der Waals surface area (Å²) >= 11 is 0. The third kappa shape index (κ3) is 5.40. The van der Waals surface area contributed by atoms with Gasteiger partial charge in [-0.2, -0.15) is 5.26 Å². The van der Waals surface area contributed by atoms with Crippen LogP contribution in [0.2, 0.25) is 0 Å². The Morgan fingerprint density at radius 1 is 0.467 bits per heavy atom. The Morgan fingerprint density at radius 2 is 0.983 bits per heavy atom. The lowest BCUT2D eigenvalue weighted by atomic mass is 9.93. The molecule has 0 aliphatic carbocycles. The highest BCUT2D eigenvalue weighted by molar-refractivity contribution is 6.30. The third-order valence-electron chi connectivity index (χ3n) is 11.4. The van der Waals surface area contributed by atoms with Gasteiger partial charge in [-0.3, -0.25) is 0 Å². The summed E-state index contributed by atoms with van der Waals surface area (Å²) in [6.45, 7) is 8.70. The van der Waals surface area contributed by atoms with Crippen LogP contribution in [0.3, 0.4) is 0 Å².